The highest BCUT2D eigenvalue weighted by Gasteiger charge is 2.19. The van der Waals surface area contributed by atoms with Crippen LogP contribution >= 0.6 is 15.9 Å². The summed E-state index contributed by atoms with van der Waals surface area (Å²) < 4.78 is 6.70. The largest absolute Gasteiger partial charge is 0.495 e. The molecule has 2 rings (SSSR count). The summed E-state index contributed by atoms with van der Waals surface area (Å²) in [5.74, 6) is 1.03. The van der Waals surface area contributed by atoms with Gasteiger partial charge in [0.15, 0.2) is 0 Å². The van der Waals surface area contributed by atoms with Crippen LogP contribution in [-0.2, 0) is 19.3 Å². The first-order chi connectivity index (χ1) is 8.77. The predicted octanol–water partition coefficient (Wildman–Crippen LogP) is 3.62. The van der Waals surface area contributed by atoms with E-state index in [-0.39, 0.29) is 0 Å². The SMILES string of the molecule is COc1c(Br)cc2c(c1CCCCN)CCCC2. The molecule has 0 aromatic heterocycles. The second kappa shape index (κ2) is 6.58. The Kier molecular flexibility index (Phi) is 5.07. The summed E-state index contributed by atoms with van der Waals surface area (Å²) in [4.78, 5) is 0. The number of fused-ring (bicyclic) bond motifs is 1. The van der Waals surface area contributed by atoms with E-state index < -0.39 is 0 Å². The zero-order chi connectivity index (χ0) is 13.0. The second-order valence-corrected chi connectivity index (χ2v) is 5.82. The van der Waals surface area contributed by atoms with Crippen molar-refractivity contribution in [3.05, 3.63) is 27.2 Å². The van der Waals surface area contributed by atoms with Crippen LogP contribution in [0, 0.1) is 0 Å². The van der Waals surface area contributed by atoms with Crippen LogP contribution < -0.4 is 10.5 Å². The van der Waals surface area contributed by atoms with Gasteiger partial charge in [-0.2, -0.15) is 0 Å². The zero-order valence-electron chi connectivity index (χ0n) is 11.1. The molecule has 0 radical (unpaired) electrons. The molecular weight excluding hydrogens is 290 g/mol. The van der Waals surface area contributed by atoms with E-state index in [9.17, 15) is 0 Å². The van der Waals surface area contributed by atoms with E-state index in [0.29, 0.717) is 0 Å². The van der Waals surface area contributed by atoms with E-state index in [1.54, 1.807) is 12.7 Å². The van der Waals surface area contributed by atoms with Gasteiger partial charge >= 0.3 is 0 Å². The smallest absolute Gasteiger partial charge is 0.136 e. The minimum Gasteiger partial charge on any atom is -0.495 e. The normalized spacial score (nSPS) is 14.4. The quantitative estimate of drug-likeness (QED) is 0.843. The van der Waals surface area contributed by atoms with Crippen LogP contribution in [0.3, 0.4) is 0 Å². The van der Waals surface area contributed by atoms with Crippen molar-refractivity contribution in [1.29, 1.82) is 0 Å². The molecule has 0 saturated carbocycles. The molecule has 0 aliphatic heterocycles. The molecule has 3 heteroatoms. The molecule has 100 valence electrons. The second-order valence-electron chi connectivity index (χ2n) is 4.96. The van der Waals surface area contributed by atoms with Gasteiger partial charge in [0.05, 0.1) is 11.6 Å². The van der Waals surface area contributed by atoms with E-state index >= 15 is 0 Å². The standard InChI is InChI=1S/C15H22BrNO/c1-18-15-13(8-4-5-9-17)12-7-3-2-6-11(12)10-14(15)16/h10H,2-9,17H2,1H3. The number of unbranched alkanes of at least 4 members (excludes halogenated alkanes) is 1. The molecular formula is C15H22BrNO. The predicted molar refractivity (Wildman–Crippen MR) is 79.3 cm³/mol. The van der Waals surface area contributed by atoms with Crippen molar-refractivity contribution >= 4 is 15.9 Å². The highest BCUT2D eigenvalue weighted by molar-refractivity contribution is 9.10. The number of hydrogen-bond donors (Lipinski definition) is 1. The fraction of sp³-hybridized carbons (Fsp3) is 0.600. The van der Waals surface area contributed by atoms with Gasteiger partial charge in [-0.1, -0.05) is 0 Å². The van der Waals surface area contributed by atoms with Crippen LogP contribution in [0.2, 0.25) is 0 Å². The van der Waals surface area contributed by atoms with Crippen molar-refractivity contribution in [3.8, 4) is 5.75 Å². The van der Waals surface area contributed by atoms with Gasteiger partial charge in [0.1, 0.15) is 5.75 Å². The molecule has 0 amide bonds. The van der Waals surface area contributed by atoms with Crippen LogP contribution in [0.15, 0.2) is 10.5 Å². The Morgan fingerprint density at radius 1 is 1.28 bits per heavy atom. The van der Waals surface area contributed by atoms with Crippen molar-refractivity contribution < 1.29 is 4.74 Å². The summed E-state index contributed by atoms with van der Waals surface area (Å²) in [5, 5.41) is 0. The molecule has 1 aromatic carbocycles. The molecule has 0 heterocycles. The minimum absolute atomic E-state index is 0.776. The highest BCUT2D eigenvalue weighted by atomic mass is 79.9. The number of halogens is 1. The highest BCUT2D eigenvalue weighted by Crippen LogP contribution is 2.38. The third-order valence-electron chi connectivity index (χ3n) is 3.75. The number of rotatable bonds is 5. The summed E-state index contributed by atoms with van der Waals surface area (Å²) in [6.07, 6.45) is 8.36. The van der Waals surface area contributed by atoms with E-state index in [0.717, 1.165) is 36.0 Å². The van der Waals surface area contributed by atoms with E-state index in [4.69, 9.17) is 10.5 Å². The Balaban J connectivity index is 2.35. The first-order valence-electron chi connectivity index (χ1n) is 6.85. The molecule has 0 saturated heterocycles. The monoisotopic (exact) mass is 311 g/mol. The molecule has 1 aliphatic rings. The summed E-state index contributed by atoms with van der Waals surface area (Å²) >= 11 is 3.65. The van der Waals surface area contributed by atoms with Crippen LogP contribution in [0.5, 0.6) is 5.75 Å². The van der Waals surface area contributed by atoms with Gasteiger partial charge in [-0.05, 0) is 90.2 Å². The Hall–Kier alpha value is -0.540. The van der Waals surface area contributed by atoms with Gasteiger partial charge in [0, 0.05) is 0 Å². The Morgan fingerprint density at radius 3 is 2.78 bits per heavy atom. The average molecular weight is 312 g/mol. The molecule has 1 aliphatic carbocycles. The van der Waals surface area contributed by atoms with Crippen molar-refractivity contribution in [3.63, 3.8) is 0 Å². The van der Waals surface area contributed by atoms with Crippen LogP contribution in [0.4, 0.5) is 0 Å². The zero-order valence-corrected chi connectivity index (χ0v) is 12.7. The van der Waals surface area contributed by atoms with Gasteiger partial charge in [-0.15, -0.1) is 0 Å². The Morgan fingerprint density at radius 2 is 2.06 bits per heavy atom. The number of methoxy groups -OCH3 is 1. The van der Waals surface area contributed by atoms with Crippen molar-refractivity contribution in [2.45, 2.75) is 44.9 Å². The van der Waals surface area contributed by atoms with Gasteiger partial charge in [-0.3, -0.25) is 0 Å². The third kappa shape index (κ3) is 2.89. The maximum atomic E-state index is 5.59. The van der Waals surface area contributed by atoms with Gasteiger partial charge in [0.2, 0.25) is 0 Å². The number of ether oxygens (including phenoxy) is 1. The summed E-state index contributed by atoms with van der Waals surface area (Å²) in [7, 11) is 1.77. The van der Waals surface area contributed by atoms with E-state index in [1.807, 2.05) is 0 Å². The van der Waals surface area contributed by atoms with Gasteiger partial charge in [-0.25, -0.2) is 0 Å². The maximum absolute atomic E-state index is 5.59. The lowest BCUT2D eigenvalue weighted by atomic mass is 9.86. The van der Waals surface area contributed by atoms with Crippen LogP contribution in [0.25, 0.3) is 0 Å². The van der Waals surface area contributed by atoms with Crippen molar-refractivity contribution in [1.82, 2.24) is 0 Å². The molecule has 0 spiro atoms. The lowest BCUT2D eigenvalue weighted by Crippen LogP contribution is -2.09. The topological polar surface area (TPSA) is 35.2 Å². The third-order valence-corrected chi connectivity index (χ3v) is 4.34. The van der Waals surface area contributed by atoms with Gasteiger partial charge in [0.25, 0.3) is 0 Å². The van der Waals surface area contributed by atoms with Crippen LogP contribution in [-0.4, -0.2) is 13.7 Å². The first-order valence-corrected chi connectivity index (χ1v) is 7.64. The molecule has 18 heavy (non-hydrogen) atoms. The Labute approximate surface area is 118 Å². The van der Waals surface area contributed by atoms with Gasteiger partial charge < -0.3 is 10.5 Å². The number of nitrogens with two attached hydrogens (primary N) is 1. The van der Waals surface area contributed by atoms with E-state index in [1.165, 1.54) is 36.8 Å². The summed E-state index contributed by atoms with van der Waals surface area (Å²) in [6, 6.07) is 2.25. The number of aryl methyl sites for hydroxylation is 1. The van der Waals surface area contributed by atoms with Crippen molar-refractivity contribution in [2.24, 2.45) is 5.73 Å². The maximum Gasteiger partial charge on any atom is 0.136 e. The molecule has 1 aromatic rings. The van der Waals surface area contributed by atoms with E-state index in [2.05, 4.69) is 22.0 Å². The lowest BCUT2D eigenvalue weighted by Gasteiger charge is -2.23. The lowest BCUT2D eigenvalue weighted by molar-refractivity contribution is 0.404. The number of hydrogen-bond acceptors (Lipinski definition) is 2. The molecule has 2 nitrogen and oxygen atoms in total. The van der Waals surface area contributed by atoms with Crippen molar-refractivity contribution in [2.75, 3.05) is 13.7 Å². The molecule has 0 atom stereocenters. The molecule has 0 bridgehead atoms. The summed E-state index contributed by atoms with van der Waals surface area (Å²) in [6.45, 7) is 0.776. The fourth-order valence-electron chi connectivity index (χ4n) is 2.86. The molecule has 0 unspecified atom stereocenters. The van der Waals surface area contributed by atoms with Crippen LogP contribution in [0.1, 0.15) is 42.4 Å². The fourth-order valence-corrected chi connectivity index (χ4v) is 3.54. The number of benzene rings is 1. The minimum atomic E-state index is 0.776. The molecule has 0 fully saturated rings. The Bertz CT molecular complexity index is 417. The first kappa shape index (κ1) is 13.9. The summed E-state index contributed by atoms with van der Waals surface area (Å²) in [5.41, 5.74) is 10.1. The molecule has 2 N–H and O–H groups in total. The average Bonchev–Trinajstić information content (AvgIpc) is 2.38.